The van der Waals surface area contributed by atoms with Crippen molar-refractivity contribution < 1.29 is 9.18 Å². The Labute approximate surface area is 119 Å². The van der Waals surface area contributed by atoms with Gasteiger partial charge in [-0.15, -0.1) is 5.10 Å². The Bertz CT molecular complexity index is 773. The van der Waals surface area contributed by atoms with E-state index in [9.17, 15) is 9.18 Å². The molecule has 0 aliphatic heterocycles. The number of nitrogens with zero attached hydrogens (tertiary/aromatic N) is 4. The van der Waals surface area contributed by atoms with Gasteiger partial charge in [-0.25, -0.2) is 9.07 Å². The average molecular weight is 283 g/mol. The summed E-state index contributed by atoms with van der Waals surface area (Å²) < 4.78 is 15.0. The molecule has 0 radical (unpaired) electrons. The highest BCUT2D eigenvalue weighted by molar-refractivity contribution is 6.04. The van der Waals surface area contributed by atoms with Crippen LogP contribution in [0.25, 0.3) is 5.69 Å². The third-order valence-corrected chi connectivity index (χ3v) is 2.84. The lowest BCUT2D eigenvalue weighted by Crippen LogP contribution is -2.13. The Morgan fingerprint density at radius 1 is 1.14 bits per heavy atom. The summed E-state index contributed by atoms with van der Waals surface area (Å²) in [6, 6.07) is 12.7. The van der Waals surface area contributed by atoms with Crippen LogP contribution in [0.5, 0.6) is 0 Å². The summed E-state index contributed by atoms with van der Waals surface area (Å²) in [5.74, 6) is -0.891. The molecule has 1 amide bonds. The van der Waals surface area contributed by atoms with Crippen molar-refractivity contribution in [2.75, 3.05) is 5.32 Å². The number of nitrogens with one attached hydrogen (secondary N) is 1. The predicted molar refractivity (Wildman–Crippen MR) is 73.5 cm³/mol. The molecule has 0 unspecified atom stereocenters. The van der Waals surface area contributed by atoms with Crippen molar-refractivity contribution in [3.8, 4) is 5.69 Å². The van der Waals surface area contributed by atoms with Gasteiger partial charge in [0.05, 0.1) is 11.4 Å². The van der Waals surface area contributed by atoms with E-state index in [0.29, 0.717) is 11.3 Å². The van der Waals surface area contributed by atoms with E-state index in [1.54, 1.807) is 36.4 Å². The first-order chi connectivity index (χ1) is 10.2. The highest BCUT2D eigenvalue weighted by Gasteiger charge is 2.10. The molecule has 0 saturated carbocycles. The summed E-state index contributed by atoms with van der Waals surface area (Å²) in [4.78, 5) is 12.1. The van der Waals surface area contributed by atoms with Crippen LogP contribution in [0, 0.1) is 5.82 Å². The van der Waals surface area contributed by atoms with Gasteiger partial charge in [0.1, 0.15) is 12.1 Å². The molecule has 21 heavy (non-hydrogen) atoms. The van der Waals surface area contributed by atoms with Crippen LogP contribution in [0.3, 0.4) is 0 Å². The SMILES string of the molecule is O=C(Nc1ccccc1F)c1cccc(-n2cnnn2)c1. The molecule has 1 heterocycles. The second-order valence-electron chi connectivity index (χ2n) is 4.24. The maximum atomic E-state index is 13.5. The number of halogens is 1. The van der Waals surface area contributed by atoms with Crippen LogP contribution >= 0.6 is 0 Å². The number of hydrogen-bond donors (Lipinski definition) is 1. The number of benzene rings is 2. The van der Waals surface area contributed by atoms with Gasteiger partial charge in [-0.1, -0.05) is 18.2 Å². The van der Waals surface area contributed by atoms with Crippen LogP contribution in [-0.2, 0) is 0 Å². The lowest BCUT2D eigenvalue weighted by molar-refractivity contribution is 0.102. The second kappa shape index (κ2) is 5.49. The molecule has 0 aliphatic rings. The summed E-state index contributed by atoms with van der Waals surface area (Å²) in [7, 11) is 0. The Kier molecular flexibility index (Phi) is 3.38. The summed E-state index contributed by atoms with van der Waals surface area (Å²) in [6.45, 7) is 0. The molecule has 6 nitrogen and oxygen atoms in total. The molecule has 0 saturated heterocycles. The fourth-order valence-electron chi connectivity index (χ4n) is 1.83. The fraction of sp³-hybridized carbons (Fsp3) is 0. The van der Waals surface area contributed by atoms with Gasteiger partial charge in [0.25, 0.3) is 5.91 Å². The Balaban J connectivity index is 1.85. The normalized spacial score (nSPS) is 10.3. The molecular formula is C14H10FN5O. The van der Waals surface area contributed by atoms with Gasteiger partial charge in [-0.05, 0) is 40.8 Å². The van der Waals surface area contributed by atoms with Gasteiger partial charge in [0.15, 0.2) is 0 Å². The molecule has 0 spiro atoms. The quantitative estimate of drug-likeness (QED) is 0.798. The maximum Gasteiger partial charge on any atom is 0.255 e. The lowest BCUT2D eigenvalue weighted by Gasteiger charge is -2.07. The zero-order chi connectivity index (χ0) is 14.7. The summed E-state index contributed by atoms with van der Waals surface area (Å²) in [5.41, 5.74) is 1.16. The molecule has 7 heteroatoms. The van der Waals surface area contributed by atoms with E-state index in [1.165, 1.54) is 23.1 Å². The van der Waals surface area contributed by atoms with E-state index >= 15 is 0 Å². The van der Waals surface area contributed by atoms with E-state index in [1.807, 2.05) is 0 Å². The number of carbonyl (C=O) groups excluding carboxylic acids is 1. The van der Waals surface area contributed by atoms with Crippen LogP contribution in [0.15, 0.2) is 54.9 Å². The van der Waals surface area contributed by atoms with Crippen LogP contribution in [0.1, 0.15) is 10.4 Å². The lowest BCUT2D eigenvalue weighted by atomic mass is 10.2. The van der Waals surface area contributed by atoms with Crippen molar-refractivity contribution in [1.82, 2.24) is 20.2 Å². The Hall–Kier alpha value is -3.09. The number of rotatable bonds is 3. The first-order valence-electron chi connectivity index (χ1n) is 6.13. The van der Waals surface area contributed by atoms with Crippen LogP contribution in [0.4, 0.5) is 10.1 Å². The number of anilines is 1. The molecular weight excluding hydrogens is 273 g/mol. The van der Waals surface area contributed by atoms with Crippen molar-refractivity contribution in [3.05, 3.63) is 66.2 Å². The molecule has 0 atom stereocenters. The first kappa shape index (κ1) is 12.9. The van der Waals surface area contributed by atoms with E-state index < -0.39 is 11.7 Å². The van der Waals surface area contributed by atoms with Gasteiger partial charge in [0.2, 0.25) is 0 Å². The third kappa shape index (κ3) is 2.76. The zero-order valence-electron chi connectivity index (χ0n) is 10.8. The first-order valence-corrected chi connectivity index (χ1v) is 6.13. The van der Waals surface area contributed by atoms with E-state index in [4.69, 9.17) is 0 Å². The van der Waals surface area contributed by atoms with Crippen molar-refractivity contribution in [3.63, 3.8) is 0 Å². The molecule has 0 fully saturated rings. The molecule has 1 N–H and O–H groups in total. The van der Waals surface area contributed by atoms with Crippen LogP contribution in [0.2, 0.25) is 0 Å². The summed E-state index contributed by atoms with van der Waals surface area (Å²) in [6.07, 6.45) is 1.42. The second-order valence-corrected chi connectivity index (χ2v) is 4.24. The number of amides is 1. The van der Waals surface area contributed by atoms with Crippen molar-refractivity contribution in [2.45, 2.75) is 0 Å². The molecule has 104 valence electrons. The van der Waals surface area contributed by atoms with Crippen molar-refractivity contribution in [1.29, 1.82) is 0 Å². The minimum absolute atomic E-state index is 0.135. The smallest absolute Gasteiger partial charge is 0.255 e. The van der Waals surface area contributed by atoms with Crippen molar-refractivity contribution in [2.24, 2.45) is 0 Å². The maximum absolute atomic E-state index is 13.5. The molecule has 2 aromatic carbocycles. The highest BCUT2D eigenvalue weighted by Crippen LogP contribution is 2.15. The Morgan fingerprint density at radius 3 is 2.76 bits per heavy atom. The molecule has 1 aromatic heterocycles. The van der Waals surface area contributed by atoms with Gasteiger partial charge < -0.3 is 5.32 Å². The van der Waals surface area contributed by atoms with Crippen LogP contribution < -0.4 is 5.32 Å². The summed E-state index contributed by atoms with van der Waals surface area (Å²) >= 11 is 0. The van der Waals surface area contributed by atoms with E-state index in [2.05, 4.69) is 20.8 Å². The number of aromatic nitrogens is 4. The van der Waals surface area contributed by atoms with E-state index in [0.717, 1.165) is 0 Å². The largest absolute Gasteiger partial charge is 0.319 e. The topological polar surface area (TPSA) is 72.7 Å². The van der Waals surface area contributed by atoms with E-state index in [-0.39, 0.29) is 5.69 Å². The minimum Gasteiger partial charge on any atom is -0.319 e. The molecule has 0 bridgehead atoms. The van der Waals surface area contributed by atoms with Crippen LogP contribution in [-0.4, -0.2) is 26.1 Å². The molecule has 0 aliphatic carbocycles. The average Bonchev–Trinajstić information content (AvgIpc) is 3.04. The van der Waals surface area contributed by atoms with Gasteiger partial charge >= 0.3 is 0 Å². The highest BCUT2D eigenvalue weighted by atomic mass is 19.1. The number of carbonyl (C=O) groups is 1. The molecule has 3 aromatic rings. The monoisotopic (exact) mass is 283 g/mol. The third-order valence-electron chi connectivity index (χ3n) is 2.84. The molecule has 3 rings (SSSR count). The van der Waals surface area contributed by atoms with Gasteiger partial charge in [0, 0.05) is 5.56 Å². The summed E-state index contributed by atoms with van der Waals surface area (Å²) in [5, 5.41) is 13.3. The number of hydrogen-bond acceptors (Lipinski definition) is 4. The number of para-hydroxylation sites is 1. The fourth-order valence-corrected chi connectivity index (χ4v) is 1.83. The zero-order valence-corrected chi connectivity index (χ0v) is 10.8. The van der Waals surface area contributed by atoms with Gasteiger partial charge in [-0.2, -0.15) is 0 Å². The standard InChI is InChI=1S/C14H10FN5O/c15-12-6-1-2-7-13(12)17-14(21)10-4-3-5-11(8-10)20-9-16-18-19-20/h1-9H,(H,17,21). The van der Waals surface area contributed by atoms with Crippen molar-refractivity contribution >= 4 is 11.6 Å². The number of tetrazole rings is 1. The minimum atomic E-state index is -0.484. The predicted octanol–water partition coefficient (Wildman–Crippen LogP) is 2.05. The van der Waals surface area contributed by atoms with Gasteiger partial charge in [-0.3, -0.25) is 4.79 Å². The Morgan fingerprint density at radius 2 is 2.00 bits per heavy atom.